The summed E-state index contributed by atoms with van der Waals surface area (Å²) in [6, 6.07) is 12.9. The minimum absolute atomic E-state index is 0.0146. The SMILES string of the molecule is O=C(NCCc1ccccc1)[C@H](c1cccnc1)N(C(=O)c1csnn1)C1CCCC1. The molecule has 2 heterocycles. The van der Waals surface area contributed by atoms with Gasteiger partial charge in [0.1, 0.15) is 6.04 Å². The van der Waals surface area contributed by atoms with Crippen LogP contribution in [0.1, 0.15) is 53.3 Å². The molecule has 31 heavy (non-hydrogen) atoms. The van der Waals surface area contributed by atoms with E-state index in [0.29, 0.717) is 12.1 Å². The van der Waals surface area contributed by atoms with E-state index in [1.165, 1.54) is 0 Å². The van der Waals surface area contributed by atoms with Gasteiger partial charge in [0, 0.05) is 35.9 Å². The van der Waals surface area contributed by atoms with Gasteiger partial charge in [0.25, 0.3) is 5.91 Å². The number of carbonyl (C=O) groups excluding carboxylic acids is 2. The zero-order valence-corrected chi connectivity index (χ0v) is 18.0. The van der Waals surface area contributed by atoms with E-state index in [0.717, 1.165) is 49.2 Å². The van der Waals surface area contributed by atoms with Gasteiger partial charge in [-0.05, 0) is 42.4 Å². The Morgan fingerprint density at radius 1 is 1.13 bits per heavy atom. The number of nitrogens with one attached hydrogen (secondary N) is 1. The molecule has 2 amide bonds. The van der Waals surface area contributed by atoms with Crippen LogP contribution in [0.2, 0.25) is 0 Å². The number of aromatic nitrogens is 3. The number of rotatable bonds is 8. The normalized spacial score (nSPS) is 14.8. The van der Waals surface area contributed by atoms with Crippen molar-refractivity contribution in [3.63, 3.8) is 0 Å². The highest BCUT2D eigenvalue weighted by molar-refractivity contribution is 7.03. The molecule has 1 aliphatic rings. The average molecular weight is 436 g/mol. The monoisotopic (exact) mass is 435 g/mol. The Morgan fingerprint density at radius 3 is 2.61 bits per heavy atom. The molecule has 1 saturated carbocycles. The molecular weight excluding hydrogens is 410 g/mol. The summed E-state index contributed by atoms with van der Waals surface area (Å²) >= 11 is 1.13. The number of carbonyl (C=O) groups is 2. The summed E-state index contributed by atoms with van der Waals surface area (Å²) in [4.78, 5) is 32.8. The molecule has 1 aromatic carbocycles. The Morgan fingerprint density at radius 2 is 1.94 bits per heavy atom. The van der Waals surface area contributed by atoms with Gasteiger partial charge in [0.15, 0.2) is 5.69 Å². The fourth-order valence-electron chi connectivity index (χ4n) is 4.11. The van der Waals surface area contributed by atoms with Crippen molar-refractivity contribution in [1.29, 1.82) is 0 Å². The molecule has 0 bridgehead atoms. The molecule has 2 aromatic heterocycles. The largest absolute Gasteiger partial charge is 0.354 e. The van der Waals surface area contributed by atoms with Crippen molar-refractivity contribution in [3.8, 4) is 0 Å². The first-order valence-electron chi connectivity index (χ1n) is 10.6. The number of nitrogens with zero attached hydrogens (tertiary/aromatic N) is 4. The van der Waals surface area contributed by atoms with E-state index in [1.54, 1.807) is 28.7 Å². The van der Waals surface area contributed by atoms with E-state index in [9.17, 15) is 9.59 Å². The second-order valence-corrected chi connectivity index (χ2v) is 8.27. The van der Waals surface area contributed by atoms with Gasteiger partial charge in [-0.3, -0.25) is 14.6 Å². The Labute approximate surface area is 185 Å². The van der Waals surface area contributed by atoms with Crippen LogP contribution in [0, 0.1) is 0 Å². The molecule has 1 fully saturated rings. The lowest BCUT2D eigenvalue weighted by Crippen LogP contribution is -2.48. The number of pyridine rings is 1. The van der Waals surface area contributed by atoms with Gasteiger partial charge in [-0.25, -0.2) is 0 Å². The van der Waals surface area contributed by atoms with E-state index in [1.807, 2.05) is 36.4 Å². The Bertz CT molecular complexity index is 976. The molecule has 0 unspecified atom stereocenters. The van der Waals surface area contributed by atoms with Crippen LogP contribution in [0.15, 0.2) is 60.2 Å². The van der Waals surface area contributed by atoms with Crippen molar-refractivity contribution >= 4 is 23.3 Å². The Hall–Kier alpha value is -3.13. The maximum atomic E-state index is 13.4. The summed E-state index contributed by atoms with van der Waals surface area (Å²) in [6.45, 7) is 0.491. The number of hydrogen-bond donors (Lipinski definition) is 1. The third kappa shape index (κ3) is 5.14. The zero-order chi connectivity index (χ0) is 21.5. The van der Waals surface area contributed by atoms with Crippen LogP contribution in [0.5, 0.6) is 0 Å². The van der Waals surface area contributed by atoms with Gasteiger partial charge in [0.2, 0.25) is 5.91 Å². The molecule has 8 heteroatoms. The second-order valence-electron chi connectivity index (χ2n) is 7.66. The summed E-state index contributed by atoms with van der Waals surface area (Å²) in [6.07, 6.45) is 7.88. The van der Waals surface area contributed by atoms with Crippen molar-refractivity contribution in [2.75, 3.05) is 6.54 Å². The molecule has 0 saturated heterocycles. The quantitative estimate of drug-likeness (QED) is 0.586. The van der Waals surface area contributed by atoms with E-state index in [-0.39, 0.29) is 23.6 Å². The van der Waals surface area contributed by atoms with Crippen LogP contribution in [0.4, 0.5) is 0 Å². The van der Waals surface area contributed by atoms with E-state index in [2.05, 4.69) is 19.9 Å². The first-order chi connectivity index (χ1) is 15.2. The van der Waals surface area contributed by atoms with Crippen molar-refractivity contribution in [2.24, 2.45) is 0 Å². The lowest BCUT2D eigenvalue weighted by atomic mass is 10.0. The average Bonchev–Trinajstić information content (AvgIpc) is 3.53. The summed E-state index contributed by atoms with van der Waals surface area (Å²) < 4.78 is 3.84. The fourth-order valence-corrected chi connectivity index (χ4v) is 4.54. The van der Waals surface area contributed by atoms with Crippen LogP contribution in [0.25, 0.3) is 0 Å². The number of amides is 2. The van der Waals surface area contributed by atoms with Crippen LogP contribution in [-0.2, 0) is 11.2 Å². The highest BCUT2D eigenvalue weighted by Crippen LogP contribution is 2.32. The van der Waals surface area contributed by atoms with Crippen molar-refractivity contribution in [3.05, 3.63) is 77.1 Å². The molecule has 7 nitrogen and oxygen atoms in total. The third-order valence-corrected chi connectivity index (χ3v) is 6.12. The number of benzene rings is 1. The van der Waals surface area contributed by atoms with Gasteiger partial charge in [-0.2, -0.15) is 0 Å². The lowest BCUT2D eigenvalue weighted by molar-refractivity contribution is -0.126. The molecule has 1 atom stereocenters. The lowest BCUT2D eigenvalue weighted by Gasteiger charge is -2.35. The first-order valence-corrected chi connectivity index (χ1v) is 11.4. The first kappa shape index (κ1) is 21.1. The van der Waals surface area contributed by atoms with Gasteiger partial charge in [0.05, 0.1) is 0 Å². The minimum atomic E-state index is -0.762. The maximum absolute atomic E-state index is 13.4. The Balaban J connectivity index is 1.60. The fraction of sp³-hybridized carbons (Fsp3) is 0.348. The van der Waals surface area contributed by atoms with E-state index in [4.69, 9.17) is 0 Å². The van der Waals surface area contributed by atoms with Crippen molar-refractivity contribution in [1.82, 2.24) is 24.8 Å². The van der Waals surface area contributed by atoms with Gasteiger partial charge in [-0.15, -0.1) is 5.10 Å². The second kappa shape index (κ2) is 10.3. The van der Waals surface area contributed by atoms with Crippen molar-refractivity contribution in [2.45, 2.75) is 44.2 Å². The van der Waals surface area contributed by atoms with Crippen LogP contribution >= 0.6 is 11.5 Å². The number of hydrogen-bond acceptors (Lipinski definition) is 6. The van der Waals surface area contributed by atoms with Crippen LogP contribution in [0.3, 0.4) is 0 Å². The minimum Gasteiger partial charge on any atom is -0.354 e. The third-order valence-electron chi connectivity index (χ3n) is 5.61. The molecule has 3 aromatic rings. The molecule has 160 valence electrons. The van der Waals surface area contributed by atoms with Gasteiger partial charge < -0.3 is 10.2 Å². The Kier molecular flexibility index (Phi) is 6.99. The van der Waals surface area contributed by atoms with E-state index < -0.39 is 6.04 Å². The maximum Gasteiger partial charge on any atom is 0.276 e. The van der Waals surface area contributed by atoms with Crippen LogP contribution < -0.4 is 5.32 Å². The molecule has 1 N–H and O–H groups in total. The molecule has 4 rings (SSSR count). The smallest absolute Gasteiger partial charge is 0.276 e. The van der Waals surface area contributed by atoms with E-state index >= 15 is 0 Å². The predicted octanol–water partition coefficient (Wildman–Crippen LogP) is 3.42. The molecular formula is C23H25N5O2S. The summed E-state index contributed by atoms with van der Waals surface area (Å²) in [7, 11) is 0. The summed E-state index contributed by atoms with van der Waals surface area (Å²) in [5, 5.41) is 8.65. The zero-order valence-electron chi connectivity index (χ0n) is 17.2. The van der Waals surface area contributed by atoms with Gasteiger partial charge in [-0.1, -0.05) is 53.7 Å². The summed E-state index contributed by atoms with van der Waals surface area (Å²) in [5.74, 6) is -0.458. The van der Waals surface area contributed by atoms with Gasteiger partial charge >= 0.3 is 0 Å². The standard InChI is InChI=1S/C23H25N5O2S/c29-22(25-14-12-17-7-2-1-3-8-17)21(18-9-6-13-24-15-18)28(19-10-4-5-11-19)23(30)20-16-31-27-26-20/h1-3,6-9,13,15-16,19,21H,4-5,10-12,14H2,(H,25,29)/t21-/m0/s1. The van der Waals surface area contributed by atoms with Crippen LogP contribution in [-0.4, -0.2) is 43.9 Å². The molecule has 1 aliphatic carbocycles. The molecule has 0 spiro atoms. The molecule has 0 aliphatic heterocycles. The molecule has 0 radical (unpaired) electrons. The topological polar surface area (TPSA) is 88.1 Å². The predicted molar refractivity (Wildman–Crippen MR) is 118 cm³/mol. The van der Waals surface area contributed by atoms with Crippen molar-refractivity contribution < 1.29 is 9.59 Å². The highest BCUT2D eigenvalue weighted by atomic mass is 32.1. The highest BCUT2D eigenvalue weighted by Gasteiger charge is 2.38. The summed E-state index contributed by atoms with van der Waals surface area (Å²) in [5.41, 5.74) is 2.13.